The van der Waals surface area contributed by atoms with Gasteiger partial charge in [0.15, 0.2) is 5.11 Å². The fraction of sp³-hybridized carbons (Fsp3) is 0.200. The van der Waals surface area contributed by atoms with Gasteiger partial charge in [-0.2, -0.15) is 5.10 Å². The predicted molar refractivity (Wildman–Crippen MR) is 44.6 cm³/mol. The molecule has 0 radical (unpaired) electrons. The number of nitrogens with zero attached hydrogens (tertiary/aromatic N) is 1. The van der Waals surface area contributed by atoms with E-state index in [1.165, 1.54) is 13.3 Å². The lowest BCUT2D eigenvalue weighted by Crippen LogP contribution is -2.24. The Bertz CT molecular complexity index is 166. The number of thiocarbonyl (C=S) groups is 1. The number of hydrogen-bond acceptors (Lipinski definition) is 3. The van der Waals surface area contributed by atoms with Gasteiger partial charge in [-0.25, -0.2) is 0 Å². The molecule has 4 nitrogen and oxygen atoms in total. The fourth-order valence-corrected chi connectivity index (χ4v) is 0.273. The number of nitrogens with two attached hydrogens (primary N) is 1. The van der Waals surface area contributed by atoms with Crippen LogP contribution in [0.1, 0.15) is 0 Å². The summed E-state index contributed by atoms with van der Waals surface area (Å²) in [4.78, 5) is 0. The Labute approximate surface area is 64.7 Å². The average Bonchev–Trinajstić information content (AvgIpc) is 1.87. The zero-order valence-electron chi connectivity index (χ0n) is 5.63. The molecule has 0 saturated carbocycles. The van der Waals surface area contributed by atoms with Crippen LogP contribution in [0.2, 0.25) is 0 Å². The minimum Gasteiger partial charge on any atom is -0.496 e. The summed E-state index contributed by atoms with van der Waals surface area (Å²) in [6.07, 6.45) is 1.37. The molecule has 0 saturated heterocycles. The van der Waals surface area contributed by atoms with Crippen LogP contribution in [0.25, 0.3) is 0 Å². The first-order chi connectivity index (χ1) is 4.66. The number of allylic oxidation sites excluding steroid dienone is 1. The third-order valence-electron chi connectivity index (χ3n) is 0.645. The van der Waals surface area contributed by atoms with Gasteiger partial charge >= 0.3 is 0 Å². The second kappa shape index (κ2) is 4.75. The fourth-order valence-electron chi connectivity index (χ4n) is 0.221. The number of rotatable bonds is 3. The molecule has 0 amide bonds. The number of nitrogens with one attached hydrogen (secondary N) is 1. The van der Waals surface area contributed by atoms with Gasteiger partial charge in [0.1, 0.15) is 5.76 Å². The Morgan fingerprint density at radius 3 is 2.90 bits per heavy atom. The van der Waals surface area contributed by atoms with Crippen LogP contribution in [0, 0.1) is 0 Å². The first-order valence-corrected chi connectivity index (χ1v) is 2.89. The molecule has 0 aliphatic rings. The molecular formula is C5H9N3OS. The summed E-state index contributed by atoms with van der Waals surface area (Å²) in [6.45, 7) is 3.47. The minimum atomic E-state index is 0.111. The van der Waals surface area contributed by atoms with E-state index >= 15 is 0 Å². The molecule has 0 spiro atoms. The number of ether oxygens (including phenoxy) is 1. The molecule has 0 aromatic heterocycles. The van der Waals surface area contributed by atoms with Crippen LogP contribution >= 0.6 is 12.2 Å². The SMILES string of the molecule is C=C(/C=N/NC(N)=S)OC. The van der Waals surface area contributed by atoms with Gasteiger partial charge in [0, 0.05) is 0 Å². The molecule has 0 unspecified atom stereocenters. The first kappa shape index (κ1) is 8.90. The maximum atomic E-state index is 5.06. The van der Waals surface area contributed by atoms with Crippen LogP contribution in [0.3, 0.4) is 0 Å². The average molecular weight is 159 g/mol. The van der Waals surface area contributed by atoms with Crippen molar-refractivity contribution in [2.75, 3.05) is 7.11 Å². The van der Waals surface area contributed by atoms with Crippen molar-refractivity contribution in [1.82, 2.24) is 5.43 Å². The second-order valence-electron chi connectivity index (χ2n) is 1.40. The van der Waals surface area contributed by atoms with E-state index in [9.17, 15) is 0 Å². The number of hydrazone groups is 1. The summed E-state index contributed by atoms with van der Waals surface area (Å²) in [7, 11) is 1.50. The van der Waals surface area contributed by atoms with Crippen molar-refractivity contribution in [3.8, 4) is 0 Å². The molecule has 0 heterocycles. The van der Waals surface area contributed by atoms with E-state index in [1.54, 1.807) is 0 Å². The van der Waals surface area contributed by atoms with Gasteiger partial charge in [-0.15, -0.1) is 0 Å². The molecule has 0 aliphatic carbocycles. The topological polar surface area (TPSA) is 59.6 Å². The molecule has 0 aromatic rings. The van der Waals surface area contributed by atoms with Gasteiger partial charge in [-0.3, -0.25) is 5.43 Å². The third kappa shape index (κ3) is 5.04. The van der Waals surface area contributed by atoms with Crippen LogP contribution in [-0.2, 0) is 4.74 Å². The van der Waals surface area contributed by atoms with Crippen molar-refractivity contribution >= 4 is 23.5 Å². The Morgan fingerprint density at radius 1 is 1.90 bits per heavy atom. The van der Waals surface area contributed by atoms with E-state index in [4.69, 9.17) is 5.73 Å². The van der Waals surface area contributed by atoms with Crippen LogP contribution in [0.15, 0.2) is 17.4 Å². The van der Waals surface area contributed by atoms with Gasteiger partial charge in [0.25, 0.3) is 0 Å². The lowest BCUT2D eigenvalue weighted by Gasteiger charge is -1.95. The highest BCUT2D eigenvalue weighted by Gasteiger charge is 1.82. The van der Waals surface area contributed by atoms with Crippen LogP contribution in [0.5, 0.6) is 0 Å². The van der Waals surface area contributed by atoms with Crippen molar-refractivity contribution < 1.29 is 4.74 Å². The summed E-state index contributed by atoms with van der Waals surface area (Å²) in [5.41, 5.74) is 7.40. The first-order valence-electron chi connectivity index (χ1n) is 2.48. The summed E-state index contributed by atoms with van der Waals surface area (Å²) >= 11 is 4.47. The van der Waals surface area contributed by atoms with E-state index in [0.717, 1.165) is 0 Å². The van der Waals surface area contributed by atoms with Crippen molar-refractivity contribution in [3.05, 3.63) is 12.3 Å². The molecule has 5 heteroatoms. The third-order valence-corrected chi connectivity index (χ3v) is 0.737. The van der Waals surface area contributed by atoms with Crippen LogP contribution in [0.4, 0.5) is 0 Å². The largest absolute Gasteiger partial charge is 0.496 e. The van der Waals surface area contributed by atoms with Gasteiger partial charge < -0.3 is 10.5 Å². The highest BCUT2D eigenvalue weighted by Crippen LogP contribution is 1.81. The molecule has 10 heavy (non-hydrogen) atoms. The molecular weight excluding hydrogens is 150 g/mol. The van der Waals surface area contributed by atoms with Crippen molar-refractivity contribution in [2.45, 2.75) is 0 Å². The maximum absolute atomic E-state index is 5.06. The van der Waals surface area contributed by atoms with Gasteiger partial charge in [-0.1, -0.05) is 6.58 Å². The monoisotopic (exact) mass is 159 g/mol. The van der Waals surface area contributed by atoms with E-state index < -0.39 is 0 Å². The molecule has 0 atom stereocenters. The molecule has 0 bridgehead atoms. The zero-order valence-corrected chi connectivity index (χ0v) is 6.44. The Hall–Kier alpha value is -1.10. The molecule has 0 fully saturated rings. The summed E-state index contributed by atoms with van der Waals surface area (Å²) in [6, 6.07) is 0. The van der Waals surface area contributed by atoms with Gasteiger partial charge in [0.05, 0.1) is 13.3 Å². The number of methoxy groups -OCH3 is 1. The van der Waals surface area contributed by atoms with Crippen LogP contribution < -0.4 is 11.2 Å². The lowest BCUT2D eigenvalue weighted by molar-refractivity contribution is 0.319. The molecule has 3 N–H and O–H groups in total. The molecule has 56 valence electrons. The van der Waals surface area contributed by atoms with E-state index in [0.29, 0.717) is 5.76 Å². The quantitative estimate of drug-likeness (QED) is 0.263. The number of hydrogen-bond donors (Lipinski definition) is 2. The zero-order chi connectivity index (χ0) is 7.98. The highest BCUT2D eigenvalue weighted by atomic mass is 32.1. The smallest absolute Gasteiger partial charge is 0.184 e. The Kier molecular flexibility index (Phi) is 4.23. The van der Waals surface area contributed by atoms with Crippen molar-refractivity contribution in [3.63, 3.8) is 0 Å². The van der Waals surface area contributed by atoms with Gasteiger partial charge in [0.2, 0.25) is 0 Å². The summed E-state index contributed by atoms with van der Waals surface area (Å²) < 4.78 is 4.66. The van der Waals surface area contributed by atoms with E-state index in [-0.39, 0.29) is 5.11 Å². The van der Waals surface area contributed by atoms with E-state index in [1.807, 2.05) is 0 Å². The summed E-state index contributed by atoms with van der Waals surface area (Å²) in [5.74, 6) is 0.434. The molecule has 0 aliphatic heterocycles. The minimum absolute atomic E-state index is 0.111. The van der Waals surface area contributed by atoms with Crippen LogP contribution in [-0.4, -0.2) is 18.4 Å². The molecule has 0 aromatic carbocycles. The summed E-state index contributed by atoms with van der Waals surface area (Å²) in [5, 5.41) is 3.69. The van der Waals surface area contributed by atoms with E-state index in [2.05, 4.69) is 34.1 Å². The lowest BCUT2D eigenvalue weighted by atomic mass is 10.6. The molecule has 0 rings (SSSR count). The second-order valence-corrected chi connectivity index (χ2v) is 1.84. The maximum Gasteiger partial charge on any atom is 0.184 e. The van der Waals surface area contributed by atoms with Crippen molar-refractivity contribution in [2.24, 2.45) is 10.8 Å². The van der Waals surface area contributed by atoms with Gasteiger partial charge in [-0.05, 0) is 12.2 Å². The predicted octanol–water partition coefficient (Wildman–Crippen LogP) is -0.0345. The normalized spacial score (nSPS) is 9.30. The Balaban J connectivity index is 3.56. The standard InChI is InChI=1S/C5H9N3OS/c1-4(9-2)3-7-8-5(6)10/h3H,1H2,2H3,(H3,6,8,10)/b7-3+. The highest BCUT2D eigenvalue weighted by molar-refractivity contribution is 7.80. The Morgan fingerprint density at radius 2 is 2.50 bits per heavy atom. The van der Waals surface area contributed by atoms with Crippen molar-refractivity contribution in [1.29, 1.82) is 0 Å².